The summed E-state index contributed by atoms with van der Waals surface area (Å²) in [6.07, 6.45) is -1.65. The van der Waals surface area contributed by atoms with Crippen LogP contribution in [0.4, 0.5) is 19.0 Å². The van der Waals surface area contributed by atoms with Crippen LogP contribution in [0.25, 0.3) is 10.9 Å². The zero-order valence-electron chi connectivity index (χ0n) is 16.6. The number of piperidine rings is 1. The first-order valence-electron chi connectivity index (χ1n) is 9.62. The molecule has 158 valence electrons. The lowest BCUT2D eigenvalue weighted by Crippen LogP contribution is -2.42. The predicted octanol–water partition coefficient (Wildman–Crippen LogP) is 3.41. The van der Waals surface area contributed by atoms with Gasteiger partial charge in [-0.3, -0.25) is 9.48 Å². The molecule has 30 heavy (non-hydrogen) atoms. The Bertz CT molecular complexity index is 1070. The van der Waals surface area contributed by atoms with E-state index < -0.39 is 11.9 Å². The smallest absolute Gasteiger partial charge is 0.367 e. The van der Waals surface area contributed by atoms with Crippen molar-refractivity contribution in [3.8, 4) is 0 Å². The van der Waals surface area contributed by atoms with Gasteiger partial charge < -0.3 is 10.2 Å². The summed E-state index contributed by atoms with van der Waals surface area (Å²) >= 11 is 0. The molecule has 4 heterocycles. The van der Waals surface area contributed by atoms with Gasteiger partial charge in [0.15, 0.2) is 5.69 Å². The molecule has 0 bridgehead atoms. The van der Waals surface area contributed by atoms with Crippen LogP contribution < -0.4 is 5.32 Å². The molecule has 0 aromatic carbocycles. The molecule has 3 aromatic heterocycles. The van der Waals surface area contributed by atoms with Gasteiger partial charge in [0.1, 0.15) is 11.5 Å². The zero-order chi connectivity index (χ0) is 21.5. The normalized spacial score (nSPS) is 15.6. The summed E-state index contributed by atoms with van der Waals surface area (Å²) in [5, 5.41) is 8.08. The molecule has 0 radical (unpaired) electrons. The van der Waals surface area contributed by atoms with E-state index in [-0.39, 0.29) is 17.5 Å². The lowest BCUT2D eigenvalue weighted by molar-refractivity contribution is -0.140. The number of nitrogens with zero attached hydrogens (tertiary/aromatic N) is 5. The minimum absolute atomic E-state index is 0.0555. The van der Waals surface area contributed by atoms with Gasteiger partial charge in [-0.15, -0.1) is 0 Å². The van der Waals surface area contributed by atoms with Crippen molar-refractivity contribution in [2.45, 2.75) is 32.0 Å². The van der Waals surface area contributed by atoms with Gasteiger partial charge >= 0.3 is 6.18 Å². The molecule has 0 unspecified atom stereocenters. The highest BCUT2D eigenvalue weighted by Crippen LogP contribution is 2.30. The van der Waals surface area contributed by atoms with E-state index in [9.17, 15) is 18.0 Å². The van der Waals surface area contributed by atoms with Crippen LogP contribution >= 0.6 is 0 Å². The number of aromatic nitrogens is 4. The SMILES string of the molecule is Cc1cc(C(=O)N2CCC(Nc3nccc4nc(C(F)(F)F)ccc34)CC2)nn1C. The largest absolute Gasteiger partial charge is 0.433 e. The molecule has 4 rings (SSSR count). The Balaban J connectivity index is 1.44. The van der Waals surface area contributed by atoms with Gasteiger partial charge in [-0.25, -0.2) is 9.97 Å². The Morgan fingerprint density at radius 3 is 2.57 bits per heavy atom. The van der Waals surface area contributed by atoms with E-state index in [0.717, 1.165) is 11.8 Å². The number of hydrogen-bond donors (Lipinski definition) is 1. The van der Waals surface area contributed by atoms with Crippen LogP contribution in [0.15, 0.2) is 30.5 Å². The molecule has 0 spiro atoms. The predicted molar refractivity (Wildman–Crippen MR) is 105 cm³/mol. The first-order valence-corrected chi connectivity index (χ1v) is 9.62. The number of alkyl halides is 3. The molecular weight excluding hydrogens is 397 g/mol. The molecule has 7 nitrogen and oxygen atoms in total. The van der Waals surface area contributed by atoms with Crippen LogP contribution in [0.3, 0.4) is 0 Å². The van der Waals surface area contributed by atoms with Crippen molar-refractivity contribution in [2.75, 3.05) is 18.4 Å². The summed E-state index contributed by atoms with van der Waals surface area (Å²) in [6.45, 7) is 3.02. The second-order valence-electron chi connectivity index (χ2n) is 7.43. The molecule has 1 amide bonds. The number of likely N-dealkylation sites (tertiary alicyclic amines) is 1. The number of fused-ring (bicyclic) bond motifs is 1. The van der Waals surface area contributed by atoms with E-state index in [1.807, 2.05) is 6.92 Å². The summed E-state index contributed by atoms with van der Waals surface area (Å²) in [5.41, 5.74) is 0.659. The highest BCUT2D eigenvalue weighted by atomic mass is 19.4. The second kappa shape index (κ2) is 7.58. The van der Waals surface area contributed by atoms with E-state index in [2.05, 4.69) is 20.4 Å². The van der Waals surface area contributed by atoms with Crippen LogP contribution in [-0.4, -0.2) is 49.7 Å². The monoisotopic (exact) mass is 418 g/mol. The van der Waals surface area contributed by atoms with Gasteiger partial charge in [0.25, 0.3) is 5.91 Å². The zero-order valence-corrected chi connectivity index (χ0v) is 16.6. The number of aryl methyl sites for hydroxylation is 2. The Kier molecular flexibility index (Phi) is 5.08. The molecule has 1 aliphatic heterocycles. The average molecular weight is 418 g/mol. The van der Waals surface area contributed by atoms with Crippen molar-refractivity contribution in [1.29, 1.82) is 0 Å². The number of hydrogen-bond acceptors (Lipinski definition) is 5. The van der Waals surface area contributed by atoms with Crippen molar-refractivity contribution >= 4 is 22.6 Å². The minimum Gasteiger partial charge on any atom is -0.367 e. The molecule has 0 aliphatic carbocycles. The average Bonchev–Trinajstić information content (AvgIpc) is 3.06. The van der Waals surface area contributed by atoms with Gasteiger partial charge in [0.05, 0.1) is 5.52 Å². The number of carbonyl (C=O) groups is 1. The quantitative estimate of drug-likeness (QED) is 0.706. The molecule has 1 aliphatic rings. The van der Waals surface area contributed by atoms with Crippen molar-refractivity contribution in [2.24, 2.45) is 7.05 Å². The number of anilines is 1. The van der Waals surface area contributed by atoms with E-state index in [1.54, 1.807) is 22.7 Å². The van der Waals surface area contributed by atoms with E-state index in [4.69, 9.17) is 0 Å². The fraction of sp³-hybridized carbons (Fsp3) is 0.400. The van der Waals surface area contributed by atoms with Crippen LogP contribution in [0.2, 0.25) is 0 Å². The lowest BCUT2D eigenvalue weighted by atomic mass is 10.0. The maximum Gasteiger partial charge on any atom is 0.433 e. The summed E-state index contributed by atoms with van der Waals surface area (Å²) in [6, 6.07) is 5.65. The molecule has 10 heteroatoms. The van der Waals surface area contributed by atoms with Crippen LogP contribution in [-0.2, 0) is 13.2 Å². The van der Waals surface area contributed by atoms with E-state index in [1.165, 1.54) is 18.3 Å². The first-order chi connectivity index (χ1) is 14.2. The fourth-order valence-electron chi connectivity index (χ4n) is 3.57. The van der Waals surface area contributed by atoms with Crippen molar-refractivity contribution in [3.05, 3.63) is 47.5 Å². The maximum atomic E-state index is 12.9. The summed E-state index contributed by atoms with van der Waals surface area (Å²) in [4.78, 5) is 22.4. The highest BCUT2D eigenvalue weighted by Gasteiger charge is 2.32. The molecule has 0 atom stereocenters. The van der Waals surface area contributed by atoms with Crippen LogP contribution in [0, 0.1) is 6.92 Å². The summed E-state index contributed by atoms with van der Waals surface area (Å²) in [5.74, 6) is 0.406. The Morgan fingerprint density at radius 2 is 1.93 bits per heavy atom. The number of carbonyl (C=O) groups excluding carboxylic acids is 1. The maximum absolute atomic E-state index is 12.9. The molecular formula is C20H21F3N6O. The third-order valence-corrected chi connectivity index (χ3v) is 5.36. The highest BCUT2D eigenvalue weighted by molar-refractivity contribution is 5.92. The second-order valence-corrected chi connectivity index (χ2v) is 7.43. The Hall–Kier alpha value is -3.17. The Morgan fingerprint density at radius 1 is 1.20 bits per heavy atom. The Labute approximate surface area is 170 Å². The van der Waals surface area contributed by atoms with Gasteiger partial charge in [0, 0.05) is 43.5 Å². The molecule has 1 saturated heterocycles. The fourth-order valence-corrected chi connectivity index (χ4v) is 3.57. The van der Waals surface area contributed by atoms with Gasteiger partial charge in [-0.2, -0.15) is 18.3 Å². The third kappa shape index (κ3) is 3.94. The van der Waals surface area contributed by atoms with Crippen molar-refractivity contribution < 1.29 is 18.0 Å². The van der Waals surface area contributed by atoms with Crippen molar-refractivity contribution in [3.63, 3.8) is 0 Å². The standard InChI is InChI=1S/C20H21F3N6O/c1-12-11-16(27-28(12)2)19(30)29-9-6-13(7-10-29)25-18-14-3-4-17(20(21,22)23)26-15(14)5-8-24-18/h3-5,8,11,13H,6-7,9-10H2,1-2H3,(H,24,25). The van der Waals surface area contributed by atoms with Crippen LogP contribution in [0.5, 0.6) is 0 Å². The minimum atomic E-state index is -4.49. The van der Waals surface area contributed by atoms with Gasteiger partial charge in [-0.05, 0) is 44.0 Å². The summed E-state index contributed by atoms with van der Waals surface area (Å²) in [7, 11) is 1.80. The number of amides is 1. The molecule has 0 saturated carbocycles. The number of pyridine rings is 2. The number of rotatable bonds is 3. The molecule has 1 fully saturated rings. The number of halogens is 3. The van der Waals surface area contributed by atoms with E-state index in [0.29, 0.717) is 42.8 Å². The summed E-state index contributed by atoms with van der Waals surface area (Å²) < 4.78 is 40.4. The van der Waals surface area contributed by atoms with Crippen molar-refractivity contribution in [1.82, 2.24) is 24.6 Å². The molecule has 3 aromatic rings. The van der Waals surface area contributed by atoms with Gasteiger partial charge in [0.2, 0.25) is 0 Å². The third-order valence-electron chi connectivity index (χ3n) is 5.36. The first kappa shape index (κ1) is 20.1. The topological polar surface area (TPSA) is 75.9 Å². The number of nitrogens with one attached hydrogen (secondary N) is 1. The lowest BCUT2D eigenvalue weighted by Gasteiger charge is -2.32. The molecule has 1 N–H and O–H groups in total. The van der Waals surface area contributed by atoms with Gasteiger partial charge in [-0.1, -0.05) is 0 Å². The van der Waals surface area contributed by atoms with E-state index >= 15 is 0 Å². The van der Waals surface area contributed by atoms with Crippen LogP contribution in [0.1, 0.15) is 34.7 Å².